The van der Waals surface area contributed by atoms with E-state index in [1.807, 2.05) is 0 Å². The lowest BCUT2D eigenvalue weighted by atomic mass is 10.1. The van der Waals surface area contributed by atoms with Gasteiger partial charge in [-0.1, -0.05) is 5.21 Å². The van der Waals surface area contributed by atoms with Crippen molar-refractivity contribution in [2.45, 2.75) is 24.9 Å². The van der Waals surface area contributed by atoms with Crippen molar-refractivity contribution in [2.24, 2.45) is 11.5 Å². The topological polar surface area (TPSA) is 140 Å². The van der Waals surface area contributed by atoms with Crippen molar-refractivity contribution < 1.29 is 15.0 Å². The predicted molar refractivity (Wildman–Crippen MR) is 58.7 cm³/mol. The molecule has 1 aromatic rings. The molecule has 96 valence electrons. The van der Waals surface area contributed by atoms with E-state index in [1.54, 1.807) is 6.20 Å². The summed E-state index contributed by atoms with van der Waals surface area (Å²) in [5, 5.41) is 25.5. The minimum atomic E-state index is -0.702. The average molecular weight is 243 g/mol. The molecule has 0 unspecified atom stereocenters. The van der Waals surface area contributed by atoms with E-state index in [4.69, 9.17) is 21.7 Å². The van der Waals surface area contributed by atoms with Crippen LogP contribution in [-0.4, -0.2) is 50.4 Å². The quantitative estimate of drug-likeness (QED) is 0.419. The summed E-state index contributed by atoms with van der Waals surface area (Å²) in [6, 6.07) is -1.20. The lowest BCUT2D eigenvalue weighted by Crippen LogP contribution is -2.36. The Bertz CT molecular complexity index is 363. The van der Waals surface area contributed by atoms with Crippen molar-refractivity contribution in [3.63, 3.8) is 0 Å². The lowest BCUT2D eigenvalue weighted by molar-refractivity contribution is -0.119. The minimum absolute atomic E-state index is 0.222. The first kappa shape index (κ1) is 13.6. The number of aliphatic hydroxyl groups is 2. The number of aliphatic hydroxyl groups excluding tert-OH is 2. The zero-order valence-electron chi connectivity index (χ0n) is 9.36. The van der Waals surface area contributed by atoms with Crippen molar-refractivity contribution in [3.8, 4) is 0 Å². The van der Waals surface area contributed by atoms with Crippen LogP contribution in [0, 0.1) is 0 Å². The van der Waals surface area contributed by atoms with Crippen molar-refractivity contribution in [1.29, 1.82) is 0 Å². The van der Waals surface area contributed by atoms with Crippen LogP contribution in [0.25, 0.3) is 0 Å². The van der Waals surface area contributed by atoms with E-state index in [0.717, 1.165) is 0 Å². The molecule has 1 heterocycles. The number of hydrogen-bond acceptors (Lipinski definition) is 6. The highest BCUT2D eigenvalue weighted by molar-refractivity contribution is 5.79. The maximum atomic E-state index is 10.7. The molecule has 1 aromatic heterocycles. The summed E-state index contributed by atoms with van der Waals surface area (Å²) >= 11 is 0. The first-order chi connectivity index (χ1) is 8.08. The van der Waals surface area contributed by atoms with E-state index < -0.39 is 18.0 Å². The van der Waals surface area contributed by atoms with Crippen LogP contribution < -0.4 is 11.5 Å². The molecular formula is C9H17N5O3. The second-order valence-corrected chi connectivity index (χ2v) is 3.76. The van der Waals surface area contributed by atoms with Crippen LogP contribution in [0.4, 0.5) is 0 Å². The predicted octanol–water partition coefficient (Wildman–Crippen LogP) is -2.45. The minimum Gasteiger partial charge on any atom is -0.394 e. The molecule has 0 spiro atoms. The largest absolute Gasteiger partial charge is 0.394 e. The third-order valence-electron chi connectivity index (χ3n) is 2.43. The van der Waals surface area contributed by atoms with Gasteiger partial charge in [0.1, 0.15) is 0 Å². The zero-order chi connectivity index (χ0) is 12.8. The molecule has 8 heteroatoms. The number of rotatable bonds is 7. The van der Waals surface area contributed by atoms with Gasteiger partial charge in [-0.25, -0.2) is 4.68 Å². The molecule has 0 aliphatic carbocycles. The van der Waals surface area contributed by atoms with Crippen molar-refractivity contribution in [3.05, 3.63) is 11.9 Å². The van der Waals surface area contributed by atoms with Gasteiger partial charge in [-0.15, -0.1) is 5.10 Å². The highest BCUT2D eigenvalue weighted by Gasteiger charge is 2.13. The molecule has 6 N–H and O–H groups in total. The van der Waals surface area contributed by atoms with Gasteiger partial charge < -0.3 is 21.7 Å². The van der Waals surface area contributed by atoms with Gasteiger partial charge in [0.2, 0.25) is 5.91 Å². The fourth-order valence-corrected chi connectivity index (χ4v) is 1.28. The fourth-order valence-electron chi connectivity index (χ4n) is 1.28. The summed E-state index contributed by atoms with van der Waals surface area (Å²) < 4.78 is 1.38. The summed E-state index contributed by atoms with van der Waals surface area (Å²) in [6.45, 7) is -0.444. The highest BCUT2D eigenvalue weighted by atomic mass is 16.3. The molecule has 0 aliphatic rings. The van der Waals surface area contributed by atoms with Crippen LogP contribution in [0.15, 0.2) is 6.20 Å². The Morgan fingerprint density at radius 2 is 2.12 bits per heavy atom. The van der Waals surface area contributed by atoms with Crippen LogP contribution in [0.1, 0.15) is 18.2 Å². The summed E-state index contributed by atoms with van der Waals surface area (Å²) in [6.07, 6.45) is 2.45. The van der Waals surface area contributed by atoms with Crippen LogP contribution in [0.3, 0.4) is 0 Å². The molecule has 17 heavy (non-hydrogen) atoms. The second-order valence-electron chi connectivity index (χ2n) is 3.76. The Kier molecular flexibility index (Phi) is 5.01. The van der Waals surface area contributed by atoms with Gasteiger partial charge in [0, 0.05) is 6.20 Å². The molecular weight excluding hydrogens is 226 g/mol. The molecule has 0 fully saturated rings. The number of amides is 1. The average Bonchev–Trinajstić information content (AvgIpc) is 2.76. The summed E-state index contributed by atoms with van der Waals surface area (Å²) in [5.74, 6) is -0.555. The Hall–Kier alpha value is -1.51. The molecule has 1 amide bonds. The Morgan fingerprint density at radius 1 is 1.47 bits per heavy atom. The van der Waals surface area contributed by atoms with Crippen LogP contribution >= 0.6 is 0 Å². The van der Waals surface area contributed by atoms with Gasteiger partial charge >= 0.3 is 0 Å². The molecule has 0 saturated carbocycles. The number of primary amides is 1. The standard InChI is InChI=1S/C9H17N5O3/c10-8(9(11)17)2-1-6-3-14(13-12-6)7(4-15)5-16/h3,7-8,15-16H,1-2,4-5,10H2,(H2,11,17)/t8-/m1/s1. The molecule has 0 radical (unpaired) electrons. The van der Waals surface area contributed by atoms with E-state index in [9.17, 15) is 4.79 Å². The van der Waals surface area contributed by atoms with Crippen LogP contribution in [0.5, 0.6) is 0 Å². The van der Waals surface area contributed by atoms with Crippen molar-refractivity contribution in [1.82, 2.24) is 15.0 Å². The van der Waals surface area contributed by atoms with Crippen LogP contribution in [0.2, 0.25) is 0 Å². The zero-order valence-corrected chi connectivity index (χ0v) is 9.36. The third-order valence-corrected chi connectivity index (χ3v) is 2.43. The summed E-state index contributed by atoms with van der Waals surface area (Å²) in [4.78, 5) is 10.7. The first-order valence-corrected chi connectivity index (χ1v) is 5.25. The summed E-state index contributed by atoms with van der Waals surface area (Å²) in [5.41, 5.74) is 11.1. The number of nitrogens with two attached hydrogens (primary N) is 2. The molecule has 0 aliphatic heterocycles. The molecule has 0 saturated heterocycles. The lowest BCUT2D eigenvalue weighted by Gasteiger charge is -2.09. The number of aryl methyl sites for hydroxylation is 1. The maximum Gasteiger partial charge on any atom is 0.234 e. The SMILES string of the molecule is NC(=O)[C@H](N)CCc1cn(C(CO)CO)nn1. The Morgan fingerprint density at radius 3 is 2.65 bits per heavy atom. The van der Waals surface area contributed by atoms with Gasteiger partial charge in [-0.05, 0) is 12.8 Å². The third kappa shape index (κ3) is 3.77. The number of nitrogens with zero attached hydrogens (tertiary/aromatic N) is 3. The van der Waals surface area contributed by atoms with Gasteiger partial charge in [0.05, 0.1) is 31.0 Å². The number of carbonyl (C=O) groups excluding carboxylic acids is 1. The Labute approximate surface area is 98.2 Å². The molecule has 1 atom stereocenters. The maximum absolute atomic E-state index is 10.7. The molecule has 0 aromatic carbocycles. The number of aromatic nitrogens is 3. The van der Waals surface area contributed by atoms with E-state index >= 15 is 0 Å². The number of carbonyl (C=O) groups is 1. The van der Waals surface area contributed by atoms with Gasteiger partial charge in [-0.2, -0.15) is 0 Å². The van der Waals surface area contributed by atoms with Gasteiger partial charge in [0.15, 0.2) is 0 Å². The monoisotopic (exact) mass is 243 g/mol. The van der Waals surface area contributed by atoms with E-state index in [-0.39, 0.29) is 13.2 Å². The van der Waals surface area contributed by atoms with E-state index in [0.29, 0.717) is 18.5 Å². The highest BCUT2D eigenvalue weighted by Crippen LogP contribution is 2.06. The van der Waals surface area contributed by atoms with Gasteiger partial charge in [-0.3, -0.25) is 4.79 Å². The van der Waals surface area contributed by atoms with Crippen molar-refractivity contribution >= 4 is 5.91 Å². The molecule has 8 nitrogen and oxygen atoms in total. The summed E-state index contributed by atoms with van der Waals surface area (Å²) in [7, 11) is 0. The van der Waals surface area contributed by atoms with Crippen LogP contribution in [-0.2, 0) is 11.2 Å². The Balaban J connectivity index is 2.54. The second kappa shape index (κ2) is 6.28. The normalized spacial score (nSPS) is 12.9. The molecule has 0 bridgehead atoms. The smallest absolute Gasteiger partial charge is 0.234 e. The number of hydrogen-bond donors (Lipinski definition) is 4. The first-order valence-electron chi connectivity index (χ1n) is 5.25. The molecule has 1 rings (SSSR count). The van der Waals surface area contributed by atoms with Gasteiger partial charge in [0.25, 0.3) is 0 Å². The fraction of sp³-hybridized carbons (Fsp3) is 0.667. The van der Waals surface area contributed by atoms with E-state index in [2.05, 4.69) is 10.3 Å². The van der Waals surface area contributed by atoms with Crippen molar-refractivity contribution in [2.75, 3.05) is 13.2 Å². The van der Waals surface area contributed by atoms with E-state index in [1.165, 1.54) is 4.68 Å².